The molecule has 2 aliphatic rings. The number of likely N-dealkylation sites (tertiary alicyclic amines) is 1. The summed E-state index contributed by atoms with van der Waals surface area (Å²) in [6.07, 6.45) is 8.80. The molecule has 13 heavy (non-hydrogen) atoms. The van der Waals surface area contributed by atoms with Crippen LogP contribution in [-0.4, -0.2) is 30.6 Å². The summed E-state index contributed by atoms with van der Waals surface area (Å²) in [4.78, 5) is 2.59. The Bertz CT molecular complexity index is 152. The molecule has 0 aromatic carbocycles. The van der Waals surface area contributed by atoms with Gasteiger partial charge >= 0.3 is 0 Å². The predicted octanol–water partition coefficient (Wildman–Crippen LogP) is 1.60. The van der Waals surface area contributed by atoms with Crippen molar-refractivity contribution in [1.29, 1.82) is 0 Å². The molecule has 1 aliphatic carbocycles. The molecule has 0 aromatic heterocycles. The molecule has 0 amide bonds. The van der Waals surface area contributed by atoms with Crippen molar-refractivity contribution in [2.24, 2.45) is 11.7 Å². The minimum atomic E-state index is 0.837. The summed E-state index contributed by atoms with van der Waals surface area (Å²) in [7, 11) is 0. The summed E-state index contributed by atoms with van der Waals surface area (Å²) < 4.78 is 0. The fraction of sp³-hybridized carbons (Fsp3) is 1.00. The zero-order chi connectivity index (χ0) is 9.10. The van der Waals surface area contributed by atoms with E-state index in [9.17, 15) is 0 Å². The van der Waals surface area contributed by atoms with Crippen molar-refractivity contribution >= 4 is 0 Å². The van der Waals surface area contributed by atoms with Crippen LogP contribution in [0.1, 0.15) is 38.5 Å². The van der Waals surface area contributed by atoms with E-state index in [2.05, 4.69) is 4.90 Å². The highest BCUT2D eigenvalue weighted by molar-refractivity contribution is 4.89. The third-order valence-electron chi connectivity index (χ3n) is 3.79. The highest BCUT2D eigenvalue weighted by atomic mass is 15.2. The van der Waals surface area contributed by atoms with Crippen LogP contribution in [-0.2, 0) is 0 Å². The van der Waals surface area contributed by atoms with Gasteiger partial charge in [0.2, 0.25) is 0 Å². The number of nitrogens with two attached hydrogens (primary N) is 1. The van der Waals surface area contributed by atoms with Gasteiger partial charge in [0.05, 0.1) is 0 Å². The van der Waals surface area contributed by atoms with Crippen molar-refractivity contribution in [3.05, 3.63) is 0 Å². The van der Waals surface area contributed by atoms with Crippen molar-refractivity contribution in [2.75, 3.05) is 19.6 Å². The lowest BCUT2D eigenvalue weighted by molar-refractivity contribution is 0.0332. The van der Waals surface area contributed by atoms with Gasteiger partial charge in [0.15, 0.2) is 0 Å². The third kappa shape index (κ3) is 2.05. The van der Waals surface area contributed by atoms with E-state index >= 15 is 0 Å². The Morgan fingerprint density at radius 3 is 2.38 bits per heavy atom. The normalized spacial score (nSPS) is 31.6. The molecule has 1 saturated carbocycles. The molecule has 0 bridgehead atoms. The van der Waals surface area contributed by atoms with Crippen LogP contribution < -0.4 is 5.73 Å². The van der Waals surface area contributed by atoms with Gasteiger partial charge in [-0.15, -0.1) is 0 Å². The first-order valence-corrected chi connectivity index (χ1v) is 5.86. The molecule has 2 heteroatoms. The summed E-state index contributed by atoms with van der Waals surface area (Å²) in [5.41, 5.74) is 5.59. The SMILES string of the molecule is NCCN1CCC1C1CCCCC1. The molecule has 1 aliphatic heterocycles. The summed E-state index contributed by atoms with van der Waals surface area (Å²) in [5.74, 6) is 1.01. The van der Waals surface area contributed by atoms with Crippen LogP contribution in [0, 0.1) is 5.92 Å². The van der Waals surface area contributed by atoms with Gasteiger partial charge in [-0.3, -0.25) is 4.90 Å². The smallest absolute Gasteiger partial charge is 0.0136 e. The van der Waals surface area contributed by atoms with E-state index < -0.39 is 0 Å². The van der Waals surface area contributed by atoms with Crippen LogP contribution in [0.5, 0.6) is 0 Å². The monoisotopic (exact) mass is 182 g/mol. The van der Waals surface area contributed by atoms with Gasteiger partial charge in [-0.1, -0.05) is 19.3 Å². The Morgan fingerprint density at radius 2 is 1.85 bits per heavy atom. The first-order valence-electron chi connectivity index (χ1n) is 5.86. The van der Waals surface area contributed by atoms with Crippen LogP contribution in [0.25, 0.3) is 0 Å². The lowest BCUT2D eigenvalue weighted by Gasteiger charge is -2.46. The van der Waals surface area contributed by atoms with E-state index in [4.69, 9.17) is 5.73 Å². The first kappa shape index (κ1) is 9.47. The second-order valence-corrected chi connectivity index (χ2v) is 4.58. The Kier molecular flexibility index (Phi) is 3.23. The number of rotatable bonds is 3. The Morgan fingerprint density at radius 1 is 1.08 bits per heavy atom. The number of hydrogen-bond donors (Lipinski definition) is 1. The van der Waals surface area contributed by atoms with Gasteiger partial charge in [0, 0.05) is 19.1 Å². The van der Waals surface area contributed by atoms with Crippen LogP contribution in [0.4, 0.5) is 0 Å². The van der Waals surface area contributed by atoms with Gasteiger partial charge < -0.3 is 5.73 Å². The molecule has 1 unspecified atom stereocenters. The van der Waals surface area contributed by atoms with Crippen molar-refractivity contribution in [1.82, 2.24) is 4.90 Å². The van der Waals surface area contributed by atoms with E-state index in [0.29, 0.717) is 0 Å². The summed E-state index contributed by atoms with van der Waals surface area (Å²) in [6, 6.07) is 0.906. The largest absolute Gasteiger partial charge is 0.329 e. The van der Waals surface area contributed by atoms with Crippen LogP contribution >= 0.6 is 0 Å². The van der Waals surface area contributed by atoms with Gasteiger partial charge in [-0.05, 0) is 31.7 Å². The summed E-state index contributed by atoms with van der Waals surface area (Å²) in [5, 5.41) is 0. The highest BCUT2D eigenvalue weighted by Gasteiger charge is 2.34. The lowest BCUT2D eigenvalue weighted by Crippen LogP contribution is -2.53. The Labute approximate surface area is 81.5 Å². The molecular formula is C11H22N2. The standard InChI is InChI=1S/C11H22N2/c12-7-9-13-8-6-11(13)10-4-2-1-3-5-10/h10-11H,1-9,12H2. The molecule has 1 heterocycles. The molecule has 0 spiro atoms. The van der Waals surface area contributed by atoms with Crippen molar-refractivity contribution < 1.29 is 0 Å². The minimum Gasteiger partial charge on any atom is -0.329 e. The van der Waals surface area contributed by atoms with E-state index in [1.54, 1.807) is 0 Å². The Hall–Kier alpha value is -0.0800. The predicted molar refractivity (Wildman–Crippen MR) is 55.6 cm³/mol. The van der Waals surface area contributed by atoms with Gasteiger partial charge in [-0.2, -0.15) is 0 Å². The maximum absolute atomic E-state index is 5.59. The van der Waals surface area contributed by atoms with Crippen molar-refractivity contribution in [3.8, 4) is 0 Å². The number of hydrogen-bond acceptors (Lipinski definition) is 2. The van der Waals surface area contributed by atoms with E-state index in [0.717, 1.165) is 25.0 Å². The van der Waals surface area contributed by atoms with E-state index in [1.807, 2.05) is 0 Å². The van der Waals surface area contributed by atoms with Crippen molar-refractivity contribution in [3.63, 3.8) is 0 Å². The number of nitrogens with zero attached hydrogens (tertiary/aromatic N) is 1. The zero-order valence-corrected chi connectivity index (χ0v) is 8.54. The highest BCUT2D eigenvalue weighted by Crippen LogP contribution is 2.34. The van der Waals surface area contributed by atoms with Crippen LogP contribution in [0.2, 0.25) is 0 Å². The molecule has 0 aromatic rings. The molecule has 0 radical (unpaired) electrons. The lowest BCUT2D eigenvalue weighted by atomic mass is 9.79. The first-order chi connectivity index (χ1) is 6.42. The fourth-order valence-corrected chi connectivity index (χ4v) is 2.96. The zero-order valence-electron chi connectivity index (χ0n) is 8.54. The minimum absolute atomic E-state index is 0.837. The molecule has 2 N–H and O–H groups in total. The second kappa shape index (κ2) is 4.43. The quantitative estimate of drug-likeness (QED) is 0.718. The van der Waals surface area contributed by atoms with Gasteiger partial charge in [0.25, 0.3) is 0 Å². The third-order valence-corrected chi connectivity index (χ3v) is 3.79. The van der Waals surface area contributed by atoms with Gasteiger partial charge in [0.1, 0.15) is 0 Å². The maximum atomic E-state index is 5.59. The van der Waals surface area contributed by atoms with Crippen molar-refractivity contribution in [2.45, 2.75) is 44.6 Å². The van der Waals surface area contributed by atoms with Gasteiger partial charge in [-0.25, -0.2) is 0 Å². The van der Waals surface area contributed by atoms with Crippen LogP contribution in [0.3, 0.4) is 0 Å². The molecule has 2 fully saturated rings. The Balaban J connectivity index is 1.78. The molecule has 76 valence electrons. The molecule has 1 saturated heterocycles. The summed E-state index contributed by atoms with van der Waals surface area (Å²) >= 11 is 0. The van der Waals surface area contributed by atoms with E-state index in [1.165, 1.54) is 45.1 Å². The average Bonchev–Trinajstić information content (AvgIpc) is 2.14. The average molecular weight is 182 g/mol. The second-order valence-electron chi connectivity index (χ2n) is 4.58. The topological polar surface area (TPSA) is 29.3 Å². The molecular weight excluding hydrogens is 160 g/mol. The van der Waals surface area contributed by atoms with Crippen LogP contribution in [0.15, 0.2) is 0 Å². The maximum Gasteiger partial charge on any atom is 0.0136 e. The summed E-state index contributed by atoms with van der Waals surface area (Å²) in [6.45, 7) is 3.27. The fourth-order valence-electron chi connectivity index (χ4n) is 2.96. The molecule has 2 rings (SSSR count). The van der Waals surface area contributed by atoms with E-state index in [-0.39, 0.29) is 0 Å². The molecule has 1 atom stereocenters. The molecule has 2 nitrogen and oxygen atoms in total.